The Labute approximate surface area is 243 Å². The smallest absolute Gasteiger partial charge is 0.240 e. The number of aromatic nitrogens is 2. The molecule has 3 aromatic carbocycles. The molecular formula is C32H32N4O4S. The van der Waals surface area contributed by atoms with E-state index in [0.717, 1.165) is 40.1 Å². The Bertz CT molecular complexity index is 1590. The predicted octanol–water partition coefficient (Wildman–Crippen LogP) is 5.66. The van der Waals surface area contributed by atoms with Crippen LogP contribution in [0, 0.1) is 6.92 Å². The van der Waals surface area contributed by atoms with E-state index in [1.54, 1.807) is 4.90 Å². The summed E-state index contributed by atoms with van der Waals surface area (Å²) in [5, 5.41) is 7.92. The van der Waals surface area contributed by atoms with Crippen molar-refractivity contribution in [2.45, 2.75) is 38.5 Å². The van der Waals surface area contributed by atoms with Crippen molar-refractivity contribution in [1.29, 1.82) is 0 Å². The fourth-order valence-corrected chi connectivity index (χ4v) is 6.29. The third-order valence-corrected chi connectivity index (χ3v) is 8.69. The van der Waals surface area contributed by atoms with Crippen LogP contribution in [0.3, 0.4) is 0 Å². The highest BCUT2D eigenvalue weighted by Crippen LogP contribution is 2.50. The SMILES string of the molecule is CC[C@@H](C)NC(=O)CN1C(=O)CS[C@@H](c2ccc3c(c2)OCO3)c2c(-c3ccccc3)nn(-c3ccc(C)cc3)c21. The lowest BCUT2D eigenvalue weighted by Crippen LogP contribution is -2.44. The van der Waals surface area contributed by atoms with Gasteiger partial charge in [-0.1, -0.05) is 61.0 Å². The summed E-state index contributed by atoms with van der Waals surface area (Å²) in [6.07, 6.45) is 0.798. The number of carbonyl (C=O) groups excluding carboxylic acids is 2. The zero-order chi connectivity index (χ0) is 28.5. The average molecular weight is 569 g/mol. The second-order valence-electron chi connectivity index (χ2n) is 10.4. The van der Waals surface area contributed by atoms with Gasteiger partial charge in [0.15, 0.2) is 11.5 Å². The van der Waals surface area contributed by atoms with Crippen LogP contribution in [0.5, 0.6) is 11.5 Å². The molecule has 3 heterocycles. The highest BCUT2D eigenvalue weighted by atomic mass is 32.2. The number of nitrogens with zero attached hydrogens (tertiary/aromatic N) is 3. The maximum Gasteiger partial charge on any atom is 0.240 e. The number of anilines is 1. The van der Waals surface area contributed by atoms with Gasteiger partial charge in [-0.3, -0.25) is 14.5 Å². The van der Waals surface area contributed by atoms with Gasteiger partial charge in [0.1, 0.15) is 12.4 Å². The van der Waals surface area contributed by atoms with Crippen molar-refractivity contribution in [2.24, 2.45) is 0 Å². The Hall–Kier alpha value is -4.24. The molecule has 0 unspecified atom stereocenters. The van der Waals surface area contributed by atoms with E-state index in [9.17, 15) is 9.59 Å². The van der Waals surface area contributed by atoms with Crippen LogP contribution in [0.2, 0.25) is 0 Å². The third kappa shape index (κ3) is 5.29. The van der Waals surface area contributed by atoms with Gasteiger partial charge in [0.25, 0.3) is 0 Å². The molecule has 0 aliphatic carbocycles. The summed E-state index contributed by atoms with van der Waals surface area (Å²) in [7, 11) is 0. The number of ether oxygens (including phenoxy) is 2. The lowest BCUT2D eigenvalue weighted by molar-refractivity contribution is -0.123. The lowest BCUT2D eigenvalue weighted by atomic mass is 9.99. The van der Waals surface area contributed by atoms with Crippen LogP contribution in [0.15, 0.2) is 72.8 Å². The van der Waals surface area contributed by atoms with Crippen molar-refractivity contribution in [2.75, 3.05) is 24.0 Å². The molecule has 1 N–H and O–H groups in total. The minimum Gasteiger partial charge on any atom is -0.454 e. The van der Waals surface area contributed by atoms with Crippen LogP contribution >= 0.6 is 11.8 Å². The van der Waals surface area contributed by atoms with Gasteiger partial charge in [0, 0.05) is 17.2 Å². The van der Waals surface area contributed by atoms with E-state index in [4.69, 9.17) is 14.6 Å². The first-order valence-electron chi connectivity index (χ1n) is 13.8. The van der Waals surface area contributed by atoms with Crippen molar-refractivity contribution in [1.82, 2.24) is 15.1 Å². The van der Waals surface area contributed by atoms with Crippen LogP contribution in [0.1, 0.15) is 42.2 Å². The average Bonchev–Trinajstić information content (AvgIpc) is 3.58. The van der Waals surface area contributed by atoms with Gasteiger partial charge in [-0.25, -0.2) is 4.68 Å². The van der Waals surface area contributed by atoms with Crippen LogP contribution in [-0.4, -0.2) is 46.7 Å². The van der Waals surface area contributed by atoms with Gasteiger partial charge < -0.3 is 14.8 Å². The molecule has 0 saturated heterocycles. The van der Waals surface area contributed by atoms with Crippen molar-refractivity contribution in [3.63, 3.8) is 0 Å². The van der Waals surface area contributed by atoms with E-state index in [1.165, 1.54) is 11.8 Å². The molecule has 0 radical (unpaired) electrons. The van der Waals surface area contributed by atoms with E-state index in [2.05, 4.69) is 5.32 Å². The first-order valence-corrected chi connectivity index (χ1v) is 14.8. The molecule has 41 heavy (non-hydrogen) atoms. The lowest BCUT2D eigenvalue weighted by Gasteiger charge is -2.24. The van der Waals surface area contributed by atoms with Crippen LogP contribution < -0.4 is 19.7 Å². The number of amides is 2. The largest absolute Gasteiger partial charge is 0.454 e. The van der Waals surface area contributed by atoms with Crippen LogP contribution in [-0.2, 0) is 9.59 Å². The Kier molecular flexibility index (Phi) is 7.45. The fourth-order valence-electron chi connectivity index (χ4n) is 5.10. The topological polar surface area (TPSA) is 85.7 Å². The molecule has 2 atom stereocenters. The van der Waals surface area contributed by atoms with Gasteiger partial charge in [0.2, 0.25) is 18.6 Å². The molecule has 4 aromatic rings. The molecule has 1 aromatic heterocycles. The molecule has 6 rings (SSSR count). The number of hydrogen-bond acceptors (Lipinski definition) is 6. The number of thioether (sulfide) groups is 1. The Morgan fingerprint density at radius 3 is 2.59 bits per heavy atom. The van der Waals surface area contributed by atoms with Crippen LogP contribution in [0.4, 0.5) is 5.82 Å². The normalized spacial score (nSPS) is 16.7. The summed E-state index contributed by atoms with van der Waals surface area (Å²) in [6.45, 7) is 6.09. The molecule has 210 valence electrons. The highest BCUT2D eigenvalue weighted by molar-refractivity contribution is 8.00. The molecule has 0 fully saturated rings. The highest BCUT2D eigenvalue weighted by Gasteiger charge is 2.38. The number of nitrogens with one attached hydrogen (secondary N) is 1. The van der Waals surface area contributed by atoms with Crippen molar-refractivity contribution >= 4 is 29.4 Å². The van der Waals surface area contributed by atoms with Gasteiger partial charge in [-0.2, -0.15) is 5.10 Å². The van der Waals surface area contributed by atoms with E-state index < -0.39 is 0 Å². The zero-order valence-electron chi connectivity index (χ0n) is 23.3. The molecule has 0 bridgehead atoms. The van der Waals surface area contributed by atoms with E-state index in [1.807, 2.05) is 98.2 Å². The summed E-state index contributed by atoms with van der Waals surface area (Å²) >= 11 is 1.53. The molecule has 0 saturated carbocycles. The Morgan fingerprint density at radius 1 is 1.07 bits per heavy atom. The molecule has 2 amide bonds. The molecule has 2 aliphatic heterocycles. The first-order chi connectivity index (χ1) is 19.9. The molecule has 2 aliphatic rings. The summed E-state index contributed by atoms with van der Waals surface area (Å²) in [4.78, 5) is 28.7. The summed E-state index contributed by atoms with van der Waals surface area (Å²) < 4.78 is 13.1. The van der Waals surface area contributed by atoms with E-state index >= 15 is 0 Å². The van der Waals surface area contributed by atoms with Gasteiger partial charge in [-0.15, -0.1) is 11.8 Å². The minimum atomic E-state index is -0.250. The van der Waals surface area contributed by atoms with Crippen LogP contribution in [0.25, 0.3) is 16.9 Å². The van der Waals surface area contributed by atoms with Gasteiger partial charge in [-0.05, 0) is 50.1 Å². The summed E-state index contributed by atoms with van der Waals surface area (Å²) in [5.74, 6) is 1.83. The second kappa shape index (κ2) is 11.3. The van der Waals surface area contributed by atoms with E-state index in [0.29, 0.717) is 17.3 Å². The molecule has 8 nitrogen and oxygen atoms in total. The first kappa shape index (κ1) is 27.0. The number of carbonyl (C=O) groups is 2. The van der Waals surface area contributed by atoms with Crippen molar-refractivity contribution < 1.29 is 19.1 Å². The minimum absolute atomic E-state index is 0.00157. The monoisotopic (exact) mass is 568 g/mol. The number of benzene rings is 3. The van der Waals surface area contributed by atoms with E-state index in [-0.39, 0.29) is 42.2 Å². The van der Waals surface area contributed by atoms with Gasteiger partial charge >= 0.3 is 0 Å². The molecule has 9 heteroatoms. The quantitative estimate of drug-likeness (QED) is 0.310. The predicted molar refractivity (Wildman–Crippen MR) is 161 cm³/mol. The Balaban J connectivity index is 1.58. The number of hydrogen-bond donors (Lipinski definition) is 1. The maximum absolute atomic E-state index is 13.9. The van der Waals surface area contributed by atoms with Crippen molar-refractivity contribution in [3.8, 4) is 28.4 Å². The number of rotatable bonds is 7. The fraction of sp³-hybridized carbons (Fsp3) is 0.281. The molecular weight excluding hydrogens is 536 g/mol. The summed E-state index contributed by atoms with van der Waals surface area (Å²) in [6, 6.07) is 23.9. The number of aryl methyl sites for hydroxylation is 1. The van der Waals surface area contributed by atoms with Crippen molar-refractivity contribution in [3.05, 3.63) is 89.5 Å². The third-order valence-electron chi connectivity index (χ3n) is 7.44. The summed E-state index contributed by atoms with van der Waals surface area (Å²) in [5.41, 5.74) is 5.47. The number of fused-ring (bicyclic) bond motifs is 2. The maximum atomic E-state index is 13.9. The zero-order valence-corrected chi connectivity index (χ0v) is 24.1. The Morgan fingerprint density at radius 2 is 1.83 bits per heavy atom. The molecule has 0 spiro atoms. The second-order valence-corrected chi connectivity index (χ2v) is 11.5. The standard InChI is InChI=1S/C32H32N4O4S/c1-4-21(3)33-27(37)17-35-28(38)18-41-31(23-12-15-25-26(16-23)40-19-39-25)29-30(22-8-6-5-7-9-22)34-36(32(29)35)24-13-10-20(2)11-14-24/h5-16,21,31H,4,17-19H2,1-3H3,(H,33,37)/t21-,31+/m1/s1. The van der Waals surface area contributed by atoms with Gasteiger partial charge in [0.05, 0.1) is 22.4 Å².